The molecule has 0 N–H and O–H groups in total. The molecule has 6 rings (SSSR count). The highest BCUT2D eigenvalue weighted by Gasteiger charge is 2.37. The van der Waals surface area contributed by atoms with Gasteiger partial charge in [0.15, 0.2) is 5.82 Å². The number of hydrogen-bond acceptors (Lipinski definition) is 7. The fourth-order valence-electron chi connectivity index (χ4n) is 6.67. The molecule has 11 heteroatoms. The van der Waals surface area contributed by atoms with Crippen LogP contribution in [0.15, 0.2) is 61.1 Å². The quantitative estimate of drug-likeness (QED) is 0.194. The average molecular weight is 627 g/mol. The van der Waals surface area contributed by atoms with Crippen LogP contribution in [0.1, 0.15) is 25.3 Å². The number of pyridine rings is 1. The van der Waals surface area contributed by atoms with Gasteiger partial charge in [0.25, 0.3) is 0 Å². The van der Waals surface area contributed by atoms with Gasteiger partial charge >= 0.3 is 6.01 Å². The van der Waals surface area contributed by atoms with Gasteiger partial charge in [-0.05, 0) is 49.9 Å². The lowest BCUT2D eigenvalue weighted by molar-refractivity contribution is -0.126. The van der Waals surface area contributed by atoms with E-state index in [-0.39, 0.29) is 53.4 Å². The molecule has 2 fully saturated rings. The molecule has 0 bridgehead atoms. The maximum absolute atomic E-state index is 16.7. The standard InChI is InChI=1S/C35H33F3N6O2/c1-6-24-27(37)12-11-22-9-8-10-25(30(22)24)32-31(38)33-26(17-39-32)34(43(5)28-13-14-44(20(28)3)29(45)7-2)41-35(40-33)46-19-23-15-21(16-36)18-42(23)4/h1,7-12,16-17,20,23,28H,2,13-15,18-19H2,3-5H3/b21-16-/t20-,23-,28-/m1/s1. The first kappa shape index (κ1) is 31.0. The molecule has 236 valence electrons. The molecule has 4 aromatic rings. The minimum absolute atomic E-state index is 0.0118. The van der Waals surface area contributed by atoms with Gasteiger partial charge in [0.05, 0.1) is 23.3 Å². The third-order valence-electron chi connectivity index (χ3n) is 9.17. The number of benzene rings is 2. The summed E-state index contributed by atoms with van der Waals surface area (Å²) >= 11 is 0. The van der Waals surface area contributed by atoms with Gasteiger partial charge in [-0.15, -0.1) is 6.42 Å². The fraction of sp³-hybridized carbons (Fsp3) is 0.314. The number of carbonyl (C=O) groups excluding carboxylic acids is 1. The topological polar surface area (TPSA) is 74.7 Å². The van der Waals surface area contributed by atoms with E-state index in [0.717, 1.165) is 0 Å². The number of terminal acetylenes is 1. The Morgan fingerprint density at radius 1 is 1.26 bits per heavy atom. The highest BCUT2D eigenvalue weighted by atomic mass is 19.1. The van der Waals surface area contributed by atoms with Gasteiger partial charge in [0.2, 0.25) is 5.91 Å². The highest BCUT2D eigenvalue weighted by molar-refractivity contribution is 6.02. The second-order valence-corrected chi connectivity index (χ2v) is 11.8. The Bertz CT molecular complexity index is 1940. The van der Waals surface area contributed by atoms with Crippen LogP contribution in [0.3, 0.4) is 0 Å². The molecule has 0 spiro atoms. The van der Waals surface area contributed by atoms with Crippen molar-refractivity contribution in [3.05, 3.63) is 78.3 Å². The Morgan fingerprint density at radius 2 is 2.07 bits per heavy atom. The van der Waals surface area contributed by atoms with Crippen molar-refractivity contribution < 1.29 is 22.7 Å². The first-order chi connectivity index (χ1) is 22.2. The third-order valence-corrected chi connectivity index (χ3v) is 9.17. The SMILES string of the molecule is C#Cc1c(F)ccc2cccc(-c3ncc4c(N(C)[C@@H]5CCN(C(=O)C=C)[C@@H]5C)nc(OC[C@H]5C/C(=C/F)CN5C)nc4c3F)c12. The summed E-state index contributed by atoms with van der Waals surface area (Å²) in [6.45, 7) is 6.71. The third kappa shape index (κ3) is 5.32. The van der Waals surface area contributed by atoms with E-state index in [1.165, 1.54) is 18.3 Å². The highest BCUT2D eigenvalue weighted by Crippen LogP contribution is 2.38. The number of likely N-dealkylation sites (tertiary alicyclic amines) is 2. The van der Waals surface area contributed by atoms with Crippen molar-refractivity contribution in [2.45, 2.75) is 37.9 Å². The van der Waals surface area contributed by atoms with Gasteiger partial charge in [-0.25, -0.2) is 13.2 Å². The van der Waals surface area contributed by atoms with Crippen LogP contribution in [0.2, 0.25) is 0 Å². The maximum atomic E-state index is 16.7. The summed E-state index contributed by atoms with van der Waals surface area (Å²) in [5.74, 6) is 1.26. The lowest BCUT2D eigenvalue weighted by Gasteiger charge is -2.32. The number of halogens is 3. The first-order valence-electron chi connectivity index (χ1n) is 15.0. The number of amides is 1. The summed E-state index contributed by atoms with van der Waals surface area (Å²) in [5.41, 5.74) is 0.897. The zero-order chi connectivity index (χ0) is 32.7. The van der Waals surface area contributed by atoms with Crippen molar-refractivity contribution in [1.82, 2.24) is 24.8 Å². The fourth-order valence-corrected chi connectivity index (χ4v) is 6.67. The van der Waals surface area contributed by atoms with Crippen LogP contribution in [0, 0.1) is 24.0 Å². The molecule has 2 aromatic heterocycles. The summed E-state index contributed by atoms with van der Waals surface area (Å²) < 4.78 is 50.8. The monoisotopic (exact) mass is 626 g/mol. The smallest absolute Gasteiger partial charge is 0.319 e. The summed E-state index contributed by atoms with van der Waals surface area (Å²) in [7, 11) is 3.70. The van der Waals surface area contributed by atoms with E-state index in [9.17, 15) is 13.6 Å². The molecule has 0 radical (unpaired) electrons. The van der Waals surface area contributed by atoms with Crippen LogP contribution in [0.25, 0.3) is 32.9 Å². The lowest BCUT2D eigenvalue weighted by atomic mass is 9.96. The van der Waals surface area contributed by atoms with Crippen LogP contribution in [0.4, 0.5) is 19.0 Å². The van der Waals surface area contributed by atoms with E-state index in [1.807, 2.05) is 30.8 Å². The molecular weight excluding hydrogens is 593 g/mol. The van der Waals surface area contributed by atoms with Crippen molar-refractivity contribution in [1.29, 1.82) is 0 Å². The van der Waals surface area contributed by atoms with Gasteiger partial charge in [0.1, 0.15) is 29.5 Å². The Hall–Kier alpha value is -4.95. The van der Waals surface area contributed by atoms with Crippen molar-refractivity contribution in [2.24, 2.45) is 0 Å². The molecule has 2 aliphatic rings. The molecule has 4 heterocycles. The normalized spacial score (nSPS) is 20.8. The van der Waals surface area contributed by atoms with Crippen LogP contribution < -0.4 is 9.64 Å². The zero-order valence-corrected chi connectivity index (χ0v) is 25.8. The number of hydrogen-bond donors (Lipinski definition) is 0. The Balaban J connectivity index is 1.48. The molecule has 8 nitrogen and oxygen atoms in total. The van der Waals surface area contributed by atoms with Crippen molar-refractivity contribution in [3.63, 3.8) is 0 Å². The lowest BCUT2D eigenvalue weighted by Crippen LogP contribution is -2.43. The molecule has 0 aliphatic carbocycles. The van der Waals surface area contributed by atoms with Crippen LogP contribution in [-0.4, -0.2) is 82.6 Å². The maximum Gasteiger partial charge on any atom is 0.319 e. The minimum atomic E-state index is -0.748. The van der Waals surface area contributed by atoms with E-state index in [4.69, 9.17) is 16.1 Å². The molecule has 2 saturated heterocycles. The number of carbonyl (C=O) groups is 1. The van der Waals surface area contributed by atoms with E-state index in [0.29, 0.717) is 65.4 Å². The van der Waals surface area contributed by atoms with E-state index >= 15 is 4.39 Å². The number of aromatic nitrogens is 3. The van der Waals surface area contributed by atoms with Crippen LogP contribution >= 0.6 is 0 Å². The number of likely N-dealkylation sites (N-methyl/N-ethyl adjacent to an activating group) is 2. The predicted molar refractivity (Wildman–Crippen MR) is 172 cm³/mol. The molecule has 1 amide bonds. The van der Waals surface area contributed by atoms with E-state index in [2.05, 4.69) is 22.5 Å². The van der Waals surface area contributed by atoms with Gasteiger partial charge in [-0.1, -0.05) is 36.8 Å². The van der Waals surface area contributed by atoms with E-state index < -0.39 is 11.6 Å². The Morgan fingerprint density at radius 3 is 2.78 bits per heavy atom. The molecule has 0 saturated carbocycles. The largest absolute Gasteiger partial charge is 0.462 e. The average Bonchev–Trinajstić information content (AvgIpc) is 3.64. The number of rotatable bonds is 7. The molecule has 0 unspecified atom stereocenters. The van der Waals surface area contributed by atoms with Crippen molar-refractivity contribution >= 4 is 33.4 Å². The second-order valence-electron chi connectivity index (χ2n) is 11.8. The van der Waals surface area contributed by atoms with Gasteiger partial charge in [-0.2, -0.15) is 9.97 Å². The van der Waals surface area contributed by atoms with Crippen LogP contribution in [0.5, 0.6) is 6.01 Å². The number of anilines is 1. The van der Waals surface area contributed by atoms with Gasteiger partial charge in [-0.3, -0.25) is 14.7 Å². The number of ether oxygens (including phenoxy) is 1. The Labute approximate surface area is 265 Å². The van der Waals surface area contributed by atoms with Gasteiger partial charge < -0.3 is 14.5 Å². The molecule has 3 atom stereocenters. The molecular formula is C35H33F3N6O2. The van der Waals surface area contributed by atoms with Gasteiger partial charge in [0, 0.05) is 49.4 Å². The minimum Gasteiger partial charge on any atom is -0.462 e. The van der Waals surface area contributed by atoms with E-state index in [1.54, 1.807) is 29.2 Å². The second kappa shape index (κ2) is 12.4. The van der Waals surface area contributed by atoms with Crippen molar-refractivity contribution in [2.75, 3.05) is 38.7 Å². The summed E-state index contributed by atoms with van der Waals surface area (Å²) in [4.78, 5) is 31.8. The summed E-state index contributed by atoms with van der Waals surface area (Å²) in [5, 5.41) is 1.34. The molecule has 2 aromatic carbocycles. The molecule has 2 aliphatic heterocycles. The molecule has 46 heavy (non-hydrogen) atoms. The number of fused-ring (bicyclic) bond motifs is 2. The first-order valence-corrected chi connectivity index (χ1v) is 15.0. The Kier molecular flexibility index (Phi) is 8.40. The number of nitrogens with zero attached hydrogens (tertiary/aromatic N) is 6. The zero-order valence-electron chi connectivity index (χ0n) is 25.8. The predicted octanol–water partition coefficient (Wildman–Crippen LogP) is 5.65. The van der Waals surface area contributed by atoms with Crippen LogP contribution in [-0.2, 0) is 4.79 Å². The summed E-state index contributed by atoms with van der Waals surface area (Å²) in [6.07, 6.45) is 10.2. The van der Waals surface area contributed by atoms with Crippen molar-refractivity contribution in [3.8, 4) is 29.6 Å². The summed E-state index contributed by atoms with van der Waals surface area (Å²) in [6, 6.07) is 7.48.